The number of nitrogens with zero attached hydrogens (tertiary/aromatic N) is 3. The van der Waals surface area contributed by atoms with Gasteiger partial charge in [0.15, 0.2) is 0 Å². The van der Waals surface area contributed by atoms with Crippen LogP contribution in [0.1, 0.15) is 48.7 Å². The van der Waals surface area contributed by atoms with Gasteiger partial charge in [0.1, 0.15) is 5.02 Å². The van der Waals surface area contributed by atoms with Crippen molar-refractivity contribution in [1.82, 2.24) is 14.9 Å². The minimum absolute atomic E-state index is 0.0220. The van der Waals surface area contributed by atoms with Crippen molar-refractivity contribution in [3.8, 4) is 5.88 Å². The summed E-state index contributed by atoms with van der Waals surface area (Å²) in [6, 6.07) is 5.63. The maximum absolute atomic E-state index is 12.9. The Morgan fingerprint density at radius 3 is 2.79 bits per heavy atom. The molecule has 0 bridgehead atoms. The molecule has 1 aliphatic heterocycles. The molecule has 0 unspecified atom stereocenters. The Morgan fingerprint density at radius 2 is 2.12 bits per heavy atom. The van der Waals surface area contributed by atoms with Gasteiger partial charge < -0.3 is 9.64 Å². The van der Waals surface area contributed by atoms with Crippen molar-refractivity contribution in [2.75, 3.05) is 6.54 Å². The van der Waals surface area contributed by atoms with Crippen molar-refractivity contribution in [1.29, 1.82) is 0 Å². The number of halogens is 1. The molecule has 1 atom stereocenters. The second-order valence-corrected chi connectivity index (χ2v) is 6.52. The summed E-state index contributed by atoms with van der Waals surface area (Å²) in [6.45, 7) is 4.54. The van der Waals surface area contributed by atoms with E-state index in [2.05, 4.69) is 9.97 Å². The Labute approximate surface area is 146 Å². The van der Waals surface area contributed by atoms with Crippen molar-refractivity contribution in [2.45, 2.75) is 38.8 Å². The number of hydrogen-bond acceptors (Lipinski definition) is 4. The van der Waals surface area contributed by atoms with Crippen LogP contribution in [0.3, 0.4) is 0 Å². The zero-order valence-electron chi connectivity index (χ0n) is 13.8. The third kappa shape index (κ3) is 3.51. The normalized spacial score (nSPS) is 17.3. The lowest BCUT2D eigenvalue weighted by molar-refractivity contribution is 0.0735. The third-order valence-electron chi connectivity index (χ3n) is 4.01. The summed E-state index contributed by atoms with van der Waals surface area (Å²) in [7, 11) is 0. The summed E-state index contributed by atoms with van der Waals surface area (Å²) in [5.74, 6) is 0.301. The molecule has 1 amide bonds. The second kappa shape index (κ2) is 7.18. The third-order valence-corrected chi connectivity index (χ3v) is 4.28. The van der Waals surface area contributed by atoms with E-state index >= 15 is 0 Å². The van der Waals surface area contributed by atoms with Gasteiger partial charge in [-0.15, -0.1) is 0 Å². The minimum atomic E-state index is -0.0557. The summed E-state index contributed by atoms with van der Waals surface area (Å²) in [6.07, 6.45) is 6.96. The van der Waals surface area contributed by atoms with Gasteiger partial charge in [0.2, 0.25) is 5.88 Å². The topological polar surface area (TPSA) is 55.3 Å². The molecule has 3 rings (SSSR count). The second-order valence-electron chi connectivity index (χ2n) is 6.11. The standard InChI is InChI=1S/C18H20ClN3O2/c1-12(2)24-17-15(19)10-14(11-21-17)18(23)22-9-3-4-16(22)13-5-7-20-8-6-13/h5-8,10-12,16H,3-4,9H2,1-2H3/t16-/m1/s1. The Kier molecular flexibility index (Phi) is 5.00. The van der Waals surface area contributed by atoms with E-state index in [1.54, 1.807) is 18.5 Å². The fourth-order valence-electron chi connectivity index (χ4n) is 2.96. The monoisotopic (exact) mass is 345 g/mol. The molecule has 3 heterocycles. The molecule has 0 aliphatic carbocycles. The van der Waals surface area contributed by atoms with Crippen LogP contribution in [0.2, 0.25) is 5.02 Å². The SMILES string of the molecule is CC(C)Oc1ncc(C(=O)N2CCC[C@@H]2c2ccncc2)cc1Cl. The maximum Gasteiger partial charge on any atom is 0.255 e. The van der Waals surface area contributed by atoms with Gasteiger partial charge >= 0.3 is 0 Å². The molecular weight excluding hydrogens is 326 g/mol. The summed E-state index contributed by atoms with van der Waals surface area (Å²) in [5, 5.41) is 0.356. The lowest BCUT2D eigenvalue weighted by Gasteiger charge is -2.25. The molecule has 1 fully saturated rings. The number of amides is 1. The van der Waals surface area contributed by atoms with Gasteiger partial charge in [-0.3, -0.25) is 9.78 Å². The highest BCUT2D eigenvalue weighted by atomic mass is 35.5. The first-order valence-corrected chi connectivity index (χ1v) is 8.47. The van der Waals surface area contributed by atoms with Crippen LogP contribution in [0, 0.1) is 0 Å². The van der Waals surface area contributed by atoms with Crippen molar-refractivity contribution in [3.05, 3.63) is 52.9 Å². The fraction of sp³-hybridized carbons (Fsp3) is 0.389. The molecule has 5 nitrogen and oxygen atoms in total. The predicted octanol–water partition coefficient (Wildman–Crippen LogP) is 3.89. The Balaban J connectivity index is 1.82. The van der Waals surface area contributed by atoms with E-state index in [1.165, 1.54) is 6.20 Å². The number of carbonyl (C=O) groups excluding carboxylic acids is 1. The molecule has 6 heteroatoms. The number of rotatable bonds is 4. The van der Waals surface area contributed by atoms with Crippen LogP contribution >= 0.6 is 11.6 Å². The van der Waals surface area contributed by atoms with Gasteiger partial charge in [0.05, 0.1) is 17.7 Å². The average Bonchev–Trinajstić information content (AvgIpc) is 3.06. The van der Waals surface area contributed by atoms with Gasteiger partial charge in [0, 0.05) is 25.1 Å². The zero-order chi connectivity index (χ0) is 17.1. The van der Waals surface area contributed by atoms with Gasteiger partial charge in [-0.2, -0.15) is 0 Å². The molecule has 0 aromatic carbocycles. The Hall–Kier alpha value is -2.14. The molecule has 0 radical (unpaired) electrons. The number of ether oxygens (including phenoxy) is 1. The quantitative estimate of drug-likeness (QED) is 0.843. The fourth-order valence-corrected chi connectivity index (χ4v) is 3.17. The van der Waals surface area contributed by atoms with Crippen molar-refractivity contribution < 1.29 is 9.53 Å². The van der Waals surface area contributed by atoms with Crippen molar-refractivity contribution >= 4 is 17.5 Å². The van der Waals surface area contributed by atoms with E-state index in [0.29, 0.717) is 16.5 Å². The van der Waals surface area contributed by atoms with Gasteiger partial charge in [-0.05, 0) is 50.5 Å². The molecule has 1 saturated heterocycles. The van der Waals surface area contributed by atoms with Crippen LogP contribution in [0.15, 0.2) is 36.8 Å². The molecule has 0 spiro atoms. The largest absolute Gasteiger partial charge is 0.474 e. The van der Waals surface area contributed by atoms with Gasteiger partial charge in [-0.1, -0.05) is 11.6 Å². The molecule has 1 aliphatic rings. The summed E-state index contributed by atoms with van der Waals surface area (Å²) >= 11 is 6.21. The Bertz CT molecular complexity index is 721. The first-order chi connectivity index (χ1) is 11.6. The maximum atomic E-state index is 12.9. The van der Waals surface area contributed by atoms with Gasteiger partial charge in [0.25, 0.3) is 5.91 Å². The van der Waals surface area contributed by atoms with Crippen LogP contribution in [-0.2, 0) is 0 Å². The van der Waals surface area contributed by atoms with Crippen LogP contribution in [0.25, 0.3) is 0 Å². The van der Waals surface area contributed by atoms with E-state index in [9.17, 15) is 4.79 Å². The number of hydrogen-bond donors (Lipinski definition) is 0. The van der Waals surface area contributed by atoms with E-state index in [1.807, 2.05) is 30.9 Å². The lowest BCUT2D eigenvalue weighted by atomic mass is 10.1. The van der Waals surface area contributed by atoms with E-state index in [0.717, 1.165) is 24.9 Å². The minimum Gasteiger partial charge on any atom is -0.474 e. The number of carbonyl (C=O) groups is 1. The van der Waals surface area contributed by atoms with Gasteiger partial charge in [-0.25, -0.2) is 4.98 Å². The highest BCUT2D eigenvalue weighted by Crippen LogP contribution is 2.33. The number of pyridine rings is 2. The smallest absolute Gasteiger partial charge is 0.255 e. The van der Waals surface area contributed by atoms with Crippen LogP contribution in [-0.4, -0.2) is 33.4 Å². The molecule has 126 valence electrons. The van der Waals surface area contributed by atoms with E-state index in [-0.39, 0.29) is 18.1 Å². The zero-order valence-corrected chi connectivity index (χ0v) is 14.5. The summed E-state index contributed by atoms with van der Waals surface area (Å²) in [5.41, 5.74) is 1.59. The number of aromatic nitrogens is 2. The van der Waals surface area contributed by atoms with E-state index < -0.39 is 0 Å². The van der Waals surface area contributed by atoms with Crippen LogP contribution < -0.4 is 4.74 Å². The number of likely N-dealkylation sites (tertiary alicyclic amines) is 1. The average molecular weight is 346 g/mol. The molecule has 2 aromatic heterocycles. The van der Waals surface area contributed by atoms with Crippen LogP contribution in [0.4, 0.5) is 0 Å². The highest BCUT2D eigenvalue weighted by molar-refractivity contribution is 6.32. The van der Waals surface area contributed by atoms with E-state index in [4.69, 9.17) is 16.3 Å². The molecular formula is C18H20ClN3O2. The first kappa shape index (κ1) is 16.7. The van der Waals surface area contributed by atoms with Crippen molar-refractivity contribution in [2.24, 2.45) is 0 Å². The molecule has 2 aromatic rings. The molecule has 0 N–H and O–H groups in total. The summed E-state index contributed by atoms with van der Waals surface area (Å²) < 4.78 is 5.52. The van der Waals surface area contributed by atoms with Crippen molar-refractivity contribution in [3.63, 3.8) is 0 Å². The summed E-state index contributed by atoms with van der Waals surface area (Å²) in [4.78, 5) is 23.0. The first-order valence-electron chi connectivity index (χ1n) is 8.09. The highest BCUT2D eigenvalue weighted by Gasteiger charge is 2.31. The lowest BCUT2D eigenvalue weighted by Crippen LogP contribution is -2.30. The molecule has 24 heavy (non-hydrogen) atoms. The predicted molar refractivity (Wildman–Crippen MR) is 92.3 cm³/mol. The van der Waals surface area contributed by atoms with Crippen LogP contribution in [0.5, 0.6) is 5.88 Å². The Morgan fingerprint density at radius 1 is 1.38 bits per heavy atom. The molecule has 0 saturated carbocycles.